The Bertz CT molecular complexity index is 446. The summed E-state index contributed by atoms with van der Waals surface area (Å²) in [5, 5.41) is 4.46. The molecule has 4 heteroatoms. The monoisotopic (exact) mass is 285 g/mol. The first-order valence-corrected chi connectivity index (χ1v) is 7.34. The molecule has 0 saturated heterocycles. The zero-order valence-corrected chi connectivity index (χ0v) is 11.7. The van der Waals surface area contributed by atoms with Gasteiger partial charge in [-0.1, -0.05) is 11.6 Å². The highest BCUT2D eigenvalue weighted by molar-refractivity contribution is 6.30. The van der Waals surface area contributed by atoms with E-state index in [2.05, 4.69) is 5.32 Å². The van der Waals surface area contributed by atoms with Gasteiger partial charge in [-0.15, -0.1) is 11.6 Å². The Morgan fingerprint density at radius 2 is 2.22 bits per heavy atom. The molecule has 0 aromatic heterocycles. The fraction of sp³-hybridized carbons (Fsp3) is 0.571. The summed E-state index contributed by atoms with van der Waals surface area (Å²) in [5.41, 5.74) is 2.37. The van der Waals surface area contributed by atoms with Crippen LogP contribution in [-0.4, -0.2) is 18.5 Å². The van der Waals surface area contributed by atoms with Crippen molar-refractivity contribution in [2.45, 2.75) is 31.2 Å². The number of halogens is 2. The Balaban J connectivity index is 1.61. The van der Waals surface area contributed by atoms with Crippen molar-refractivity contribution in [1.82, 2.24) is 5.32 Å². The second-order valence-corrected chi connectivity index (χ2v) is 6.13. The second kappa shape index (κ2) is 5.28. The average molecular weight is 286 g/mol. The Kier molecular flexibility index (Phi) is 3.69. The fourth-order valence-corrected chi connectivity index (χ4v) is 3.07. The summed E-state index contributed by atoms with van der Waals surface area (Å²) in [6.45, 7) is 2.40. The highest BCUT2D eigenvalue weighted by Gasteiger charge is 2.29. The van der Waals surface area contributed by atoms with Gasteiger partial charge < -0.3 is 10.1 Å². The molecule has 0 bridgehead atoms. The standard InChI is InChI=1S/C14H17Cl2NO/c15-12-5-10-3-4-18-14(10)11(6-12)7-17-8-13(16)9-1-2-9/h5-6,9,13,17H,1-4,7-8H2. The van der Waals surface area contributed by atoms with Crippen molar-refractivity contribution in [3.05, 3.63) is 28.3 Å². The number of fused-ring (bicyclic) bond motifs is 1. The number of alkyl halides is 1. The van der Waals surface area contributed by atoms with Crippen molar-refractivity contribution in [2.24, 2.45) is 5.92 Å². The van der Waals surface area contributed by atoms with Gasteiger partial charge in [-0.2, -0.15) is 0 Å². The molecule has 1 N–H and O–H groups in total. The summed E-state index contributed by atoms with van der Waals surface area (Å²) in [6.07, 6.45) is 3.53. The molecule has 98 valence electrons. The predicted octanol–water partition coefficient (Wildman–Crippen LogP) is 3.38. The minimum absolute atomic E-state index is 0.262. The van der Waals surface area contributed by atoms with E-state index in [1.165, 1.54) is 18.4 Å². The van der Waals surface area contributed by atoms with Crippen molar-refractivity contribution < 1.29 is 4.74 Å². The zero-order chi connectivity index (χ0) is 12.5. The van der Waals surface area contributed by atoms with Crippen LogP contribution in [0, 0.1) is 5.92 Å². The Labute approximate surface area is 118 Å². The van der Waals surface area contributed by atoms with Crippen LogP contribution in [0.25, 0.3) is 0 Å². The van der Waals surface area contributed by atoms with Crippen molar-refractivity contribution in [3.8, 4) is 5.75 Å². The molecule has 0 amide bonds. The third-order valence-electron chi connectivity index (χ3n) is 3.61. The number of benzene rings is 1. The molecule has 2 nitrogen and oxygen atoms in total. The van der Waals surface area contributed by atoms with Crippen molar-refractivity contribution in [2.75, 3.05) is 13.2 Å². The molecule has 1 aliphatic heterocycles. The number of hydrogen-bond acceptors (Lipinski definition) is 2. The van der Waals surface area contributed by atoms with Gasteiger partial charge in [0, 0.05) is 35.5 Å². The molecule has 1 heterocycles. The van der Waals surface area contributed by atoms with E-state index in [0.29, 0.717) is 0 Å². The van der Waals surface area contributed by atoms with Gasteiger partial charge in [-0.3, -0.25) is 0 Å². The van der Waals surface area contributed by atoms with Crippen LogP contribution in [0.3, 0.4) is 0 Å². The zero-order valence-electron chi connectivity index (χ0n) is 10.2. The maximum Gasteiger partial charge on any atom is 0.127 e. The lowest BCUT2D eigenvalue weighted by atomic mass is 10.1. The van der Waals surface area contributed by atoms with Crippen LogP contribution in [0.15, 0.2) is 12.1 Å². The quantitative estimate of drug-likeness (QED) is 0.838. The molecule has 0 radical (unpaired) electrons. The van der Waals surface area contributed by atoms with Crippen LogP contribution in [0.4, 0.5) is 0 Å². The van der Waals surface area contributed by atoms with Gasteiger partial charge in [0.1, 0.15) is 5.75 Å². The SMILES string of the molecule is Clc1cc2c(c(CNCC(Cl)C3CC3)c1)OCC2. The number of rotatable bonds is 5. The summed E-state index contributed by atoms with van der Waals surface area (Å²) in [7, 11) is 0. The van der Waals surface area contributed by atoms with Crippen molar-refractivity contribution in [1.29, 1.82) is 0 Å². The van der Waals surface area contributed by atoms with Gasteiger partial charge in [0.15, 0.2) is 0 Å². The maximum atomic E-state index is 6.27. The first-order valence-electron chi connectivity index (χ1n) is 6.53. The van der Waals surface area contributed by atoms with E-state index in [9.17, 15) is 0 Å². The summed E-state index contributed by atoms with van der Waals surface area (Å²) < 4.78 is 5.67. The number of hydrogen-bond donors (Lipinski definition) is 1. The molecule has 1 aromatic rings. The Hall–Kier alpha value is -0.440. The lowest BCUT2D eigenvalue weighted by Gasteiger charge is -2.12. The molecule has 18 heavy (non-hydrogen) atoms. The first-order chi connectivity index (χ1) is 8.74. The van der Waals surface area contributed by atoms with E-state index in [-0.39, 0.29) is 5.38 Å². The highest BCUT2D eigenvalue weighted by Crippen LogP contribution is 2.35. The van der Waals surface area contributed by atoms with Crippen LogP contribution < -0.4 is 10.1 Å². The molecule has 1 saturated carbocycles. The van der Waals surface area contributed by atoms with E-state index in [0.717, 1.165) is 48.4 Å². The molecule has 3 rings (SSSR count). The minimum atomic E-state index is 0.262. The Morgan fingerprint density at radius 1 is 1.39 bits per heavy atom. The van der Waals surface area contributed by atoms with Crippen molar-refractivity contribution >= 4 is 23.2 Å². The highest BCUT2D eigenvalue weighted by atomic mass is 35.5. The van der Waals surface area contributed by atoms with Gasteiger partial charge in [-0.05, 0) is 36.5 Å². The topological polar surface area (TPSA) is 21.3 Å². The van der Waals surface area contributed by atoms with E-state index in [1.807, 2.05) is 12.1 Å². The normalized spacial score (nSPS) is 19.4. The minimum Gasteiger partial charge on any atom is -0.493 e. The maximum absolute atomic E-state index is 6.27. The third kappa shape index (κ3) is 2.76. The second-order valence-electron chi connectivity index (χ2n) is 5.14. The summed E-state index contributed by atoms with van der Waals surface area (Å²) in [5.74, 6) is 1.74. The largest absolute Gasteiger partial charge is 0.493 e. The summed E-state index contributed by atoms with van der Waals surface area (Å²) in [6, 6.07) is 3.99. The van der Waals surface area contributed by atoms with E-state index in [1.54, 1.807) is 0 Å². The van der Waals surface area contributed by atoms with Gasteiger partial charge >= 0.3 is 0 Å². The molecule has 1 aromatic carbocycles. The van der Waals surface area contributed by atoms with Gasteiger partial charge in [0.2, 0.25) is 0 Å². The van der Waals surface area contributed by atoms with E-state index < -0.39 is 0 Å². The van der Waals surface area contributed by atoms with Crippen LogP contribution in [0.5, 0.6) is 5.75 Å². The molecule has 0 spiro atoms. The molecule has 1 fully saturated rings. The van der Waals surface area contributed by atoms with Crippen LogP contribution in [0.1, 0.15) is 24.0 Å². The number of nitrogens with one attached hydrogen (secondary N) is 1. The average Bonchev–Trinajstić information content (AvgIpc) is 3.08. The molecule has 1 unspecified atom stereocenters. The Morgan fingerprint density at radius 3 is 3.00 bits per heavy atom. The smallest absolute Gasteiger partial charge is 0.127 e. The fourth-order valence-electron chi connectivity index (χ4n) is 2.45. The summed E-state index contributed by atoms with van der Waals surface area (Å²) >= 11 is 12.4. The third-order valence-corrected chi connectivity index (χ3v) is 4.34. The molecular weight excluding hydrogens is 269 g/mol. The molecule has 1 aliphatic carbocycles. The number of ether oxygens (including phenoxy) is 1. The molecule has 2 aliphatic rings. The molecule has 1 atom stereocenters. The van der Waals surface area contributed by atoms with E-state index >= 15 is 0 Å². The van der Waals surface area contributed by atoms with E-state index in [4.69, 9.17) is 27.9 Å². The van der Waals surface area contributed by atoms with Gasteiger partial charge in [-0.25, -0.2) is 0 Å². The first kappa shape index (κ1) is 12.6. The van der Waals surface area contributed by atoms with Gasteiger partial charge in [0.25, 0.3) is 0 Å². The van der Waals surface area contributed by atoms with Crippen molar-refractivity contribution in [3.63, 3.8) is 0 Å². The molecular formula is C14H17Cl2NO. The van der Waals surface area contributed by atoms with Crippen LogP contribution in [-0.2, 0) is 13.0 Å². The summed E-state index contributed by atoms with van der Waals surface area (Å²) in [4.78, 5) is 0. The lowest BCUT2D eigenvalue weighted by Crippen LogP contribution is -2.24. The predicted molar refractivity (Wildman–Crippen MR) is 74.7 cm³/mol. The lowest BCUT2D eigenvalue weighted by molar-refractivity contribution is 0.352. The van der Waals surface area contributed by atoms with Gasteiger partial charge in [0.05, 0.1) is 6.61 Å². The van der Waals surface area contributed by atoms with Crippen LogP contribution >= 0.6 is 23.2 Å². The van der Waals surface area contributed by atoms with Crippen LogP contribution in [0.2, 0.25) is 5.02 Å².